The SMILES string of the molecule is Cc1ccc(OC2CCOC2)c(N2CCNCC2)c1. The Hall–Kier alpha value is -1.26. The number of benzene rings is 1. The van der Waals surface area contributed by atoms with Crippen LogP contribution in [0.15, 0.2) is 18.2 Å². The first kappa shape index (κ1) is 12.8. The summed E-state index contributed by atoms with van der Waals surface area (Å²) in [6, 6.07) is 6.46. The van der Waals surface area contributed by atoms with E-state index >= 15 is 0 Å². The Bertz CT molecular complexity index is 424. The van der Waals surface area contributed by atoms with E-state index in [9.17, 15) is 0 Å². The van der Waals surface area contributed by atoms with Gasteiger partial charge in [0.2, 0.25) is 0 Å². The van der Waals surface area contributed by atoms with Gasteiger partial charge in [0.15, 0.2) is 0 Å². The van der Waals surface area contributed by atoms with Crippen LogP contribution in [0.3, 0.4) is 0 Å². The zero-order valence-corrected chi connectivity index (χ0v) is 11.5. The standard InChI is InChI=1S/C15H22N2O2/c1-12-2-3-15(19-13-4-9-18-11-13)14(10-12)17-7-5-16-6-8-17/h2-3,10,13,16H,4-9,11H2,1H3. The van der Waals surface area contributed by atoms with Gasteiger partial charge in [-0.05, 0) is 24.6 Å². The quantitative estimate of drug-likeness (QED) is 0.896. The Morgan fingerprint density at radius 2 is 2.16 bits per heavy atom. The monoisotopic (exact) mass is 262 g/mol. The largest absolute Gasteiger partial charge is 0.486 e. The summed E-state index contributed by atoms with van der Waals surface area (Å²) in [6.07, 6.45) is 1.21. The van der Waals surface area contributed by atoms with Gasteiger partial charge in [-0.25, -0.2) is 0 Å². The average molecular weight is 262 g/mol. The lowest BCUT2D eigenvalue weighted by Gasteiger charge is -2.31. The Morgan fingerprint density at radius 1 is 1.32 bits per heavy atom. The van der Waals surface area contributed by atoms with E-state index < -0.39 is 0 Å². The molecule has 1 aromatic rings. The van der Waals surface area contributed by atoms with Crippen LogP contribution < -0.4 is 15.0 Å². The number of anilines is 1. The Kier molecular flexibility index (Phi) is 3.89. The third-order valence-electron chi connectivity index (χ3n) is 3.75. The second kappa shape index (κ2) is 5.80. The van der Waals surface area contributed by atoms with Gasteiger partial charge in [-0.2, -0.15) is 0 Å². The van der Waals surface area contributed by atoms with Crippen LogP contribution in [0.4, 0.5) is 5.69 Å². The van der Waals surface area contributed by atoms with Crippen molar-refractivity contribution >= 4 is 5.69 Å². The Labute approximate surface area is 114 Å². The number of ether oxygens (including phenoxy) is 2. The molecule has 1 aromatic carbocycles. The second-order valence-corrected chi connectivity index (χ2v) is 5.31. The molecule has 4 heteroatoms. The van der Waals surface area contributed by atoms with Crippen molar-refractivity contribution in [2.24, 2.45) is 0 Å². The first-order valence-corrected chi connectivity index (χ1v) is 7.13. The summed E-state index contributed by atoms with van der Waals surface area (Å²) in [5, 5.41) is 3.39. The first-order chi connectivity index (χ1) is 9.33. The fourth-order valence-electron chi connectivity index (χ4n) is 2.67. The van der Waals surface area contributed by atoms with Gasteiger partial charge in [0.1, 0.15) is 11.9 Å². The van der Waals surface area contributed by atoms with Gasteiger partial charge in [0, 0.05) is 32.6 Å². The summed E-state index contributed by atoms with van der Waals surface area (Å²) in [6.45, 7) is 7.84. The van der Waals surface area contributed by atoms with Crippen molar-refractivity contribution in [3.05, 3.63) is 23.8 Å². The van der Waals surface area contributed by atoms with Gasteiger partial charge in [-0.15, -0.1) is 0 Å². The van der Waals surface area contributed by atoms with Crippen LogP contribution in [0.2, 0.25) is 0 Å². The highest BCUT2D eigenvalue weighted by atomic mass is 16.5. The van der Waals surface area contributed by atoms with Crippen LogP contribution in [0.5, 0.6) is 5.75 Å². The first-order valence-electron chi connectivity index (χ1n) is 7.13. The number of hydrogen-bond donors (Lipinski definition) is 1. The number of aryl methyl sites for hydroxylation is 1. The van der Waals surface area contributed by atoms with Crippen molar-refractivity contribution < 1.29 is 9.47 Å². The molecule has 0 saturated carbocycles. The average Bonchev–Trinajstić information content (AvgIpc) is 2.95. The molecule has 3 rings (SSSR count). The molecule has 4 nitrogen and oxygen atoms in total. The molecule has 1 atom stereocenters. The van der Waals surface area contributed by atoms with E-state index in [2.05, 4.69) is 35.3 Å². The van der Waals surface area contributed by atoms with Crippen LogP contribution >= 0.6 is 0 Å². The highest BCUT2D eigenvalue weighted by molar-refractivity contribution is 5.60. The molecule has 0 spiro atoms. The third kappa shape index (κ3) is 3.01. The molecule has 0 radical (unpaired) electrons. The Morgan fingerprint density at radius 3 is 2.89 bits per heavy atom. The van der Waals surface area contributed by atoms with E-state index in [1.54, 1.807) is 0 Å². The molecule has 104 valence electrons. The van der Waals surface area contributed by atoms with E-state index in [1.807, 2.05) is 0 Å². The van der Waals surface area contributed by atoms with Crippen molar-refractivity contribution in [3.8, 4) is 5.75 Å². The maximum atomic E-state index is 6.13. The van der Waals surface area contributed by atoms with E-state index in [0.717, 1.165) is 51.6 Å². The summed E-state index contributed by atoms with van der Waals surface area (Å²) in [5.41, 5.74) is 2.51. The highest BCUT2D eigenvalue weighted by Crippen LogP contribution is 2.31. The summed E-state index contributed by atoms with van der Waals surface area (Å²) in [5.74, 6) is 1.00. The van der Waals surface area contributed by atoms with Gasteiger partial charge in [0.25, 0.3) is 0 Å². The van der Waals surface area contributed by atoms with E-state index in [0.29, 0.717) is 0 Å². The molecule has 0 bridgehead atoms. The fraction of sp³-hybridized carbons (Fsp3) is 0.600. The Balaban J connectivity index is 1.80. The molecule has 19 heavy (non-hydrogen) atoms. The maximum Gasteiger partial charge on any atom is 0.143 e. The maximum absolute atomic E-state index is 6.13. The highest BCUT2D eigenvalue weighted by Gasteiger charge is 2.21. The molecular formula is C15H22N2O2. The van der Waals surface area contributed by atoms with Gasteiger partial charge in [0.05, 0.1) is 18.9 Å². The van der Waals surface area contributed by atoms with E-state index in [4.69, 9.17) is 9.47 Å². The predicted octanol–water partition coefficient (Wildman–Crippen LogP) is 1.57. The van der Waals surface area contributed by atoms with Crippen molar-refractivity contribution in [1.29, 1.82) is 0 Å². The van der Waals surface area contributed by atoms with Crippen molar-refractivity contribution in [1.82, 2.24) is 5.32 Å². The lowest BCUT2D eigenvalue weighted by Crippen LogP contribution is -2.43. The molecule has 2 heterocycles. The zero-order valence-electron chi connectivity index (χ0n) is 11.5. The molecule has 2 saturated heterocycles. The van der Waals surface area contributed by atoms with E-state index in [1.165, 1.54) is 11.3 Å². The van der Waals surface area contributed by atoms with Gasteiger partial charge >= 0.3 is 0 Å². The molecule has 1 N–H and O–H groups in total. The summed E-state index contributed by atoms with van der Waals surface area (Å²) in [4.78, 5) is 2.41. The van der Waals surface area contributed by atoms with Crippen LogP contribution in [-0.4, -0.2) is 45.5 Å². The van der Waals surface area contributed by atoms with Gasteiger partial charge < -0.3 is 19.7 Å². The fourth-order valence-corrected chi connectivity index (χ4v) is 2.67. The minimum atomic E-state index is 0.212. The number of nitrogens with zero attached hydrogens (tertiary/aromatic N) is 1. The molecule has 2 fully saturated rings. The number of piperazine rings is 1. The molecule has 1 unspecified atom stereocenters. The lowest BCUT2D eigenvalue weighted by molar-refractivity contribution is 0.141. The van der Waals surface area contributed by atoms with Crippen molar-refractivity contribution in [2.75, 3.05) is 44.3 Å². The van der Waals surface area contributed by atoms with Crippen LogP contribution in [0.1, 0.15) is 12.0 Å². The smallest absolute Gasteiger partial charge is 0.143 e. The van der Waals surface area contributed by atoms with E-state index in [-0.39, 0.29) is 6.10 Å². The van der Waals surface area contributed by atoms with Crippen LogP contribution in [-0.2, 0) is 4.74 Å². The number of hydrogen-bond acceptors (Lipinski definition) is 4. The summed E-state index contributed by atoms with van der Waals surface area (Å²) in [7, 11) is 0. The normalized spacial score (nSPS) is 23.6. The summed E-state index contributed by atoms with van der Waals surface area (Å²) < 4.78 is 11.5. The molecular weight excluding hydrogens is 240 g/mol. The molecule has 2 aliphatic heterocycles. The molecule has 2 aliphatic rings. The zero-order chi connectivity index (χ0) is 13.1. The minimum Gasteiger partial charge on any atom is -0.486 e. The van der Waals surface area contributed by atoms with Crippen molar-refractivity contribution in [2.45, 2.75) is 19.4 Å². The van der Waals surface area contributed by atoms with Gasteiger partial charge in [-0.1, -0.05) is 6.07 Å². The summed E-state index contributed by atoms with van der Waals surface area (Å²) >= 11 is 0. The number of rotatable bonds is 3. The molecule has 0 aromatic heterocycles. The van der Waals surface area contributed by atoms with Crippen LogP contribution in [0.25, 0.3) is 0 Å². The van der Waals surface area contributed by atoms with Crippen molar-refractivity contribution in [3.63, 3.8) is 0 Å². The number of nitrogens with one attached hydrogen (secondary N) is 1. The van der Waals surface area contributed by atoms with Crippen LogP contribution in [0, 0.1) is 6.92 Å². The molecule has 0 aliphatic carbocycles. The third-order valence-corrected chi connectivity index (χ3v) is 3.75. The molecule has 0 amide bonds. The minimum absolute atomic E-state index is 0.212. The predicted molar refractivity (Wildman–Crippen MR) is 76.1 cm³/mol. The topological polar surface area (TPSA) is 33.7 Å². The van der Waals surface area contributed by atoms with Gasteiger partial charge in [-0.3, -0.25) is 0 Å². The second-order valence-electron chi connectivity index (χ2n) is 5.31. The lowest BCUT2D eigenvalue weighted by atomic mass is 10.1.